The zero-order valence-corrected chi connectivity index (χ0v) is 39.2. The van der Waals surface area contributed by atoms with Gasteiger partial charge in [-0.15, -0.1) is 0 Å². The summed E-state index contributed by atoms with van der Waals surface area (Å²) in [6.45, 7) is 4.32. The minimum atomic E-state index is -0.196. The first-order chi connectivity index (χ1) is 33.3. The fourth-order valence-corrected chi connectivity index (χ4v) is 8.89. The normalized spacial score (nSPS) is 14.4. The van der Waals surface area contributed by atoms with E-state index >= 15 is 0 Å². The minimum absolute atomic E-state index is 0.130. The number of hydrogen-bond donors (Lipinski definition) is 1. The van der Waals surface area contributed by atoms with Gasteiger partial charge in [0.15, 0.2) is 23.0 Å². The van der Waals surface area contributed by atoms with E-state index in [1.807, 2.05) is 54.7 Å². The third kappa shape index (κ3) is 10.8. The summed E-state index contributed by atoms with van der Waals surface area (Å²) in [5, 5.41) is 3.20. The average molecular weight is 926 g/mol. The van der Waals surface area contributed by atoms with Gasteiger partial charge in [0.25, 0.3) is 11.8 Å². The zero-order chi connectivity index (χ0) is 47.4. The van der Waals surface area contributed by atoms with Crippen molar-refractivity contribution in [1.29, 1.82) is 0 Å². The Balaban J connectivity index is 1.06. The van der Waals surface area contributed by atoms with Crippen molar-refractivity contribution >= 4 is 52.8 Å². The summed E-state index contributed by atoms with van der Waals surface area (Å²) in [5.74, 6) is 1.43. The van der Waals surface area contributed by atoms with E-state index in [9.17, 15) is 14.4 Å². The highest BCUT2D eigenvalue weighted by molar-refractivity contribution is 6.15. The molecule has 0 saturated carbocycles. The number of ether oxygens (including phenoxy) is 7. The standard InChI is InChI=1S/C53H59N5O10/c1-54-44-31-50(48(63-3)29-42(44)52(60)57-17-15-38-11-5-7-13-46(38)57)67-34-36-25-37(27-40(26-36)56(16-9-10-19-59)18-20-65-23-24-66-22-21-62-2)35-68-51-32-45-43(30-49(51)64-4)53(61)58-41(33-55-45)28-39-12-6-8-14-47(39)58/h5-8,11-14,19,25-27,29-33,41,54H,9-10,15-18,20-24,28,34-35H2,1-4H3. The predicted molar refractivity (Wildman–Crippen MR) is 262 cm³/mol. The van der Waals surface area contributed by atoms with Crippen molar-refractivity contribution in [3.8, 4) is 23.0 Å². The van der Waals surface area contributed by atoms with Gasteiger partial charge in [0.2, 0.25) is 0 Å². The molecule has 1 atom stereocenters. The third-order valence-corrected chi connectivity index (χ3v) is 12.3. The molecule has 3 aliphatic rings. The van der Waals surface area contributed by atoms with Gasteiger partial charge in [-0.1, -0.05) is 36.4 Å². The molecule has 3 heterocycles. The Morgan fingerprint density at radius 1 is 0.779 bits per heavy atom. The number of amides is 2. The second-order valence-electron chi connectivity index (χ2n) is 16.6. The fraction of sp³-hybridized carbons (Fsp3) is 0.358. The van der Waals surface area contributed by atoms with Crippen LogP contribution in [0.1, 0.15) is 55.8 Å². The second-order valence-corrected chi connectivity index (χ2v) is 16.6. The smallest absolute Gasteiger partial charge is 0.261 e. The molecule has 0 aromatic heterocycles. The van der Waals surface area contributed by atoms with E-state index in [0.29, 0.717) is 117 Å². The minimum Gasteiger partial charge on any atom is -0.493 e. The van der Waals surface area contributed by atoms with Gasteiger partial charge in [-0.3, -0.25) is 19.5 Å². The summed E-state index contributed by atoms with van der Waals surface area (Å²) >= 11 is 0. The maximum atomic E-state index is 14.1. The molecule has 15 nitrogen and oxygen atoms in total. The summed E-state index contributed by atoms with van der Waals surface area (Å²) in [4.78, 5) is 50.2. The Morgan fingerprint density at radius 2 is 1.46 bits per heavy atom. The summed E-state index contributed by atoms with van der Waals surface area (Å²) in [7, 11) is 6.52. The lowest BCUT2D eigenvalue weighted by molar-refractivity contribution is -0.107. The number of carbonyl (C=O) groups excluding carboxylic acids is 3. The molecule has 5 aromatic carbocycles. The van der Waals surface area contributed by atoms with Gasteiger partial charge >= 0.3 is 0 Å². The van der Waals surface area contributed by atoms with Crippen LogP contribution < -0.4 is 39.0 Å². The van der Waals surface area contributed by atoms with Crippen molar-refractivity contribution in [2.45, 2.75) is 44.9 Å². The Bertz CT molecular complexity index is 2620. The topological polar surface area (TPSA) is 150 Å². The van der Waals surface area contributed by atoms with Crippen LogP contribution in [0, 0.1) is 0 Å². The highest BCUT2D eigenvalue weighted by Crippen LogP contribution is 2.42. The number of aldehydes is 1. The Hall–Kier alpha value is -6.94. The summed E-state index contributed by atoms with van der Waals surface area (Å²) < 4.78 is 41.3. The molecule has 0 saturated heterocycles. The van der Waals surface area contributed by atoms with Crippen LogP contribution in [0.5, 0.6) is 23.0 Å². The van der Waals surface area contributed by atoms with Crippen LogP contribution in [0.2, 0.25) is 0 Å². The summed E-state index contributed by atoms with van der Waals surface area (Å²) in [6, 6.07) is 28.8. The van der Waals surface area contributed by atoms with Gasteiger partial charge in [-0.2, -0.15) is 0 Å². The van der Waals surface area contributed by atoms with Crippen LogP contribution in [-0.2, 0) is 45.1 Å². The van der Waals surface area contributed by atoms with Crippen LogP contribution in [-0.4, -0.2) is 111 Å². The van der Waals surface area contributed by atoms with Gasteiger partial charge in [-0.05, 0) is 77.6 Å². The molecular weight excluding hydrogens is 867 g/mol. The molecule has 15 heteroatoms. The number of aliphatic imine (C=N–C) groups is 1. The molecule has 356 valence electrons. The van der Waals surface area contributed by atoms with E-state index in [1.54, 1.807) is 62.4 Å². The number of carbonyl (C=O) groups is 3. The van der Waals surface area contributed by atoms with Crippen molar-refractivity contribution in [1.82, 2.24) is 0 Å². The second kappa shape index (κ2) is 22.7. The number of fused-ring (bicyclic) bond motifs is 5. The SMILES string of the molecule is CNc1cc(OCc2cc(COc3cc4c(cc3OC)C(=O)N3c5ccccc5CC3C=N4)cc(N(CCCC=O)CCOCCOCCOC)c2)c(OC)cc1C(=O)N1CCc2ccccc21. The van der Waals surface area contributed by atoms with E-state index in [2.05, 4.69) is 28.4 Å². The van der Waals surface area contributed by atoms with Crippen molar-refractivity contribution in [2.75, 3.05) is 101 Å². The lowest BCUT2D eigenvalue weighted by Gasteiger charge is -2.26. The predicted octanol–water partition coefficient (Wildman–Crippen LogP) is 7.86. The lowest BCUT2D eigenvalue weighted by Crippen LogP contribution is -2.37. The first-order valence-electron chi connectivity index (χ1n) is 23.0. The number of rotatable bonds is 24. The average Bonchev–Trinajstić information content (AvgIpc) is 3.94. The van der Waals surface area contributed by atoms with Crippen molar-refractivity contribution in [3.63, 3.8) is 0 Å². The number of para-hydroxylation sites is 2. The van der Waals surface area contributed by atoms with Crippen LogP contribution in [0.4, 0.5) is 28.4 Å². The molecule has 8 rings (SSSR count). The van der Waals surface area contributed by atoms with Crippen LogP contribution in [0.25, 0.3) is 0 Å². The fourth-order valence-electron chi connectivity index (χ4n) is 8.89. The summed E-state index contributed by atoms with van der Waals surface area (Å²) in [6.07, 6.45) is 5.29. The molecule has 5 aromatic rings. The number of nitrogens with one attached hydrogen (secondary N) is 1. The van der Waals surface area contributed by atoms with Gasteiger partial charge in [0, 0.05) is 82.0 Å². The monoisotopic (exact) mass is 925 g/mol. The Labute approximate surface area is 397 Å². The number of unbranched alkanes of at least 4 members (excludes halogenated alkanes) is 1. The van der Waals surface area contributed by atoms with Crippen molar-refractivity contribution in [2.24, 2.45) is 4.99 Å². The highest BCUT2D eigenvalue weighted by atomic mass is 16.5. The zero-order valence-electron chi connectivity index (χ0n) is 39.2. The van der Waals surface area contributed by atoms with E-state index in [4.69, 9.17) is 38.2 Å². The molecule has 0 aliphatic carbocycles. The van der Waals surface area contributed by atoms with Gasteiger partial charge in [0.1, 0.15) is 19.5 Å². The first kappa shape index (κ1) is 47.5. The highest BCUT2D eigenvalue weighted by Gasteiger charge is 2.36. The van der Waals surface area contributed by atoms with E-state index in [0.717, 1.165) is 52.0 Å². The van der Waals surface area contributed by atoms with Crippen LogP contribution in [0.15, 0.2) is 96.0 Å². The molecule has 0 radical (unpaired) electrons. The molecule has 68 heavy (non-hydrogen) atoms. The Morgan fingerprint density at radius 3 is 2.18 bits per heavy atom. The number of hydrogen-bond acceptors (Lipinski definition) is 13. The molecule has 2 amide bonds. The molecule has 0 spiro atoms. The summed E-state index contributed by atoms with van der Waals surface area (Å²) in [5.41, 5.74) is 8.59. The first-order valence-corrected chi connectivity index (χ1v) is 23.0. The molecule has 3 aliphatic heterocycles. The van der Waals surface area contributed by atoms with Gasteiger partial charge in [-0.25, -0.2) is 0 Å². The maximum absolute atomic E-state index is 14.1. The number of benzene rings is 5. The van der Waals surface area contributed by atoms with Gasteiger partial charge in [0.05, 0.1) is 75.8 Å². The van der Waals surface area contributed by atoms with E-state index in [1.165, 1.54) is 0 Å². The lowest BCUT2D eigenvalue weighted by atomic mass is 10.1. The molecular formula is C53H59N5O10. The maximum Gasteiger partial charge on any atom is 0.261 e. The van der Waals surface area contributed by atoms with Crippen LogP contribution >= 0.6 is 0 Å². The molecule has 1 unspecified atom stereocenters. The van der Waals surface area contributed by atoms with Crippen molar-refractivity contribution < 1.29 is 47.5 Å². The molecule has 0 fully saturated rings. The molecule has 0 bridgehead atoms. The number of methoxy groups -OCH3 is 3. The van der Waals surface area contributed by atoms with Crippen molar-refractivity contribution in [3.05, 3.63) is 124 Å². The number of nitrogens with zero attached hydrogens (tertiary/aromatic N) is 4. The molecule has 1 N–H and O–H groups in total. The van der Waals surface area contributed by atoms with Crippen LogP contribution in [0.3, 0.4) is 0 Å². The largest absolute Gasteiger partial charge is 0.493 e. The van der Waals surface area contributed by atoms with E-state index in [-0.39, 0.29) is 31.1 Å². The Kier molecular flexibility index (Phi) is 15.9. The quantitative estimate of drug-likeness (QED) is 0.0474. The number of anilines is 4. The van der Waals surface area contributed by atoms with Gasteiger partial charge < -0.3 is 53.1 Å². The third-order valence-electron chi connectivity index (χ3n) is 12.3. The van der Waals surface area contributed by atoms with E-state index < -0.39 is 0 Å².